The highest BCUT2D eigenvalue weighted by atomic mass is 16.5. The van der Waals surface area contributed by atoms with Crippen LogP contribution < -0.4 is 16.4 Å². The monoisotopic (exact) mass is 528 g/mol. The molecule has 3 rings (SSSR count). The summed E-state index contributed by atoms with van der Waals surface area (Å²) < 4.78 is 11.8. The van der Waals surface area contributed by atoms with Crippen LogP contribution in [0.5, 0.6) is 0 Å². The number of nitrogens with zero attached hydrogens (tertiary/aromatic N) is 2. The lowest BCUT2D eigenvalue weighted by atomic mass is 9.96. The molecule has 2 unspecified atom stereocenters. The van der Waals surface area contributed by atoms with Crippen molar-refractivity contribution in [3.63, 3.8) is 0 Å². The Morgan fingerprint density at radius 2 is 1.61 bits per heavy atom. The van der Waals surface area contributed by atoms with Crippen molar-refractivity contribution in [3.05, 3.63) is 52.3 Å². The van der Waals surface area contributed by atoms with E-state index in [1.807, 2.05) is 58.0 Å². The highest BCUT2D eigenvalue weighted by Crippen LogP contribution is 2.26. The van der Waals surface area contributed by atoms with Gasteiger partial charge < -0.3 is 19.8 Å². The van der Waals surface area contributed by atoms with Gasteiger partial charge in [0.15, 0.2) is 0 Å². The maximum absolute atomic E-state index is 13.4. The Labute approximate surface area is 223 Å². The number of ketones is 1. The third-order valence-corrected chi connectivity index (χ3v) is 6.57. The SMILES string of the molecule is CC(C)CC(NC(=O)OCc1ccccc1)C(=O)NC(CC(C)C)C(=O)c1nn(C2CCCCC2)c(=O)o1. The molecular weight excluding hydrogens is 488 g/mol. The van der Waals surface area contributed by atoms with E-state index in [1.54, 1.807) is 0 Å². The molecule has 2 aromatic rings. The minimum absolute atomic E-state index is 0.0590. The van der Waals surface area contributed by atoms with Crippen LogP contribution in [0.4, 0.5) is 4.79 Å². The zero-order chi connectivity index (χ0) is 27.7. The Morgan fingerprint density at radius 1 is 0.974 bits per heavy atom. The molecule has 0 saturated heterocycles. The molecule has 0 spiro atoms. The number of hydrogen-bond acceptors (Lipinski definition) is 7. The molecule has 0 aliphatic heterocycles. The maximum atomic E-state index is 13.4. The van der Waals surface area contributed by atoms with Crippen molar-refractivity contribution in [3.8, 4) is 0 Å². The molecule has 1 fully saturated rings. The van der Waals surface area contributed by atoms with Crippen molar-refractivity contribution in [1.29, 1.82) is 0 Å². The lowest BCUT2D eigenvalue weighted by Crippen LogP contribution is -2.52. The van der Waals surface area contributed by atoms with Crippen LogP contribution in [0.2, 0.25) is 0 Å². The van der Waals surface area contributed by atoms with Gasteiger partial charge in [-0.2, -0.15) is 4.68 Å². The lowest BCUT2D eigenvalue weighted by molar-refractivity contribution is -0.124. The number of benzene rings is 1. The molecule has 10 heteroatoms. The highest BCUT2D eigenvalue weighted by Gasteiger charge is 2.32. The van der Waals surface area contributed by atoms with Gasteiger partial charge in [0, 0.05) is 0 Å². The van der Waals surface area contributed by atoms with Crippen molar-refractivity contribution in [2.45, 2.75) is 97.4 Å². The van der Waals surface area contributed by atoms with E-state index in [9.17, 15) is 19.2 Å². The van der Waals surface area contributed by atoms with Crippen molar-refractivity contribution < 1.29 is 23.5 Å². The second-order valence-electron chi connectivity index (χ2n) is 10.9. The van der Waals surface area contributed by atoms with E-state index in [0.29, 0.717) is 12.8 Å². The summed E-state index contributed by atoms with van der Waals surface area (Å²) in [6.45, 7) is 7.78. The highest BCUT2D eigenvalue weighted by molar-refractivity contribution is 5.99. The number of carbonyl (C=O) groups is 3. The van der Waals surface area contributed by atoms with Gasteiger partial charge in [-0.05, 0) is 43.1 Å². The Morgan fingerprint density at radius 3 is 2.24 bits per heavy atom. The topological polar surface area (TPSA) is 133 Å². The zero-order valence-corrected chi connectivity index (χ0v) is 22.8. The first-order valence-corrected chi connectivity index (χ1v) is 13.6. The number of rotatable bonds is 12. The quantitative estimate of drug-likeness (QED) is 0.390. The van der Waals surface area contributed by atoms with Crippen LogP contribution in [0.15, 0.2) is 39.5 Å². The van der Waals surface area contributed by atoms with Crippen LogP contribution in [0, 0.1) is 11.8 Å². The van der Waals surface area contributed by atoms with Crippen LogP contribution >= 0.6 is 0 Å². The molecule has 0 radical (unpaired) electrons. The molecule has 1 aromatic carbocycles. The van der Waals surface area contributed by atoms with Gasteiger partial charge in [0.2, 0.25) is 11.7 Å². The predicted octanol–water partition coefficient (Wildman–Crippen LogP) is 4.40. The summed E-state index contributed by atoms with van der Waals surface area (Å²) in [7, 11) is 0. The van der Waals surface area contributed by atoms with E-state index >= 15 is 0 Å². The summed E-state index contributed by atoms with van der Waals surface area (Å²) in [5.41, 5.74) is 0.823. The second-order valence-corrected chi connectivity index (χ2v) is 10.9. The van der Waals surface area contributed by atoms with Crippen molar-refractivity contribution in [2.75, 3.05) is 0 Å². The smallest absolute Gasteiger partial charge is 0.437 e. The van der Waals surface area contributed by atoms with Gasteiger partial charge in [-0.25, -0.2) is 9.59 Å². The van der Waals surface area contributed by atoms with Crippen LogP contribution in [-0.4, -0.2) is 39.6 Å². The van der Waals surface area contributed by atoms with E-state index in [1.165, 1.54) is 4.68 Å². The second kappa shape index (κ2) is 13.9. The number of carbonyl (C=O) groups excluding carboxylic acids is 3. The summed E-state index contributed by atoms with van der Waals surface area (Å²) in [4.78, 5) is 51.6. The number of hydrogen-bond donors (Lipinski definition) is 2. The average molecular weight is 529 g/mol. The fourth-order valence-corrected chi connectivity index (χ4v) is 4.68. The van der Waals surface area contributed by atoms with Gasteiger partial charge in [-0.3, -0.25) is 9.59 Å². The van der Waals surface area contributed by atoms with Gasteiger partial charge in [-0.15, -0.1) is 5.10 Å². The maximum Gasteiger partial charge on any atom is 0.437 e. The van der Waals surface area contributed by atoms with Crippen molar-refractivity contribution >= 4 is 17.8 Å². The fourth-order valence-electron chi connectivity index (χ4n) is 4.68. The van der Waals surface area contributed by atoms with E-state index in [-0.39, 0.29) is 30.4 Å². The summed E-state index contributed by atoms with van der Waals surface area (Å²) >= 11 is 0. The average Bonchev–Trinajstić information content (AvgIpc) is 3.28. The molecule has 1 aliphatic rings. The molecule has 1 aromatic heterocycles. The Bertz CT molecular complexity index is 1120. The van der Waals surface area contributed by atoms with E-state index in [4.69, 9.17) is 9.15 Å². The zero-order valence-electron chi connectivity index (χ0n) is 22.8. The predicted molar refractivity (Wildman–Crippen MR) is 142 cm³/mol. The minimum atomic E-state index is -0.961. The number of nitrogens with one attached hydrogen (secondary N) is 2. The van der Waals surface area contributed by atoms with Crippen molar-refractivity contribution in [2.24, 2.45) is 11.8 Å². The lowest BCUT2D eigenvalue weighted by Gasteiger charge is -2.24. The van der Waals surface area contributed by atoms with E-state index in [2.05, 4.69) is 15.7 Å². The summed E-state index contributed by atoms with van der Waals surface area (Å²) in [5, 5.41) is 9.61. The van der Waals surface area contributed by atoms with Crippen LogP contribution in [0.1, 0.15) is 94.9 Å². The molecule has 208 valence electrons. The molecule has 38 heavy (non-hydrogen) atoms. The molecule has 2 N–H and O–H groups in total. The number of amides is 2. The first-order chi connectivity index (χ1) is 18.1. The molecule has 2 amide bonds. The number of ether oxygens (including phenoxy) is 1. The first-order valence-electron chi connectivity index (χ1n) is 13.6. The molecule has 1 saturated carbocycles. The molecule has 2 atom stereocenters. The molecular formula is C28H40N4O6. The van der Waals surface area contributed by atoms with Gasteiger partial charge in [0.25, 0.3) is 5.89 Å². The number of alkyl carbamates (subject to hydrolysis) is 1. The summed E-state index contributed by atoms with van der Waals surface area (Å²) in [5.74, 6) is -1.89. The van der Waals surface area contributed by atoms with E-state index in [0.717, 1.165) is 37.7 Å². The van der Waals surface area contributed by atoms with Gasteiger partial charge in [-0.1, -0.05) is 77.3 Å². The van der Waals surface area contributed by atoms with Gasteiger partial charge >= 0.3 is 11.8 Å². The largest absolute Gasteiger partial charge is 0.445 e. The third-order valence-electron chi connectivity index (χ3n) is 6.57. The standard InChI is InChI=1S/C28H40N4O6/c1-18(2)15-22(24(33)26-31-32(28(36)38-26)21-13-9-6-10-14-21)29-25(34)23(16-19(3)4)30-27(35)37-17-20-11-7-5-8-12-20/h5,7-8,11-12,18-19,21-23H,6,9-10,13-17H2,1-4H3,(H,29,34)(H,30,35). The molecule has 1 heterocycles. The number of Topliss-reactive ketones (excluding diaryl/α,β-unsaturated/α-hetero) is 1. The van der Waals surface area contributed by atoms with Crippen molar-refractivity contribution in [1.82, 2.24) is 20.4 Å². The molecule has 10 nitrogen and oxygen atoms in total. The van der Waals surface area contributed by atoms with Gasteiger partial charge in [0.1, 0.15) is 12.6 Å². The first kappa shape index (κ1) is 29.1. The van der Waals surface area contributed by atoms with Crippen LogP contribution in [-0.2, 0) is 16.1 Å². The van der Waals surface area contributed by atoms with Crippen LogP contribution in [0.3, 0.4) is 0 Å². The normalized spacial score (nSPS) is 15.7. The summed E-state index contributed by atoms with van der Waals surface area (Å²) in [6, 6.07) is 7.28. The Kier molecular flexibility index (Phi) is 10.7. The Hall–Kier alpha value is -3.43. The summed E-state index contributed by atoms with van der Waals surface area (Å²) in [6.07, 6.45) is 4.68. The fraction of sp³-hybridized carbons (Fsp3) is 0.607. The molecule has 1 aliphatic carbocycles. The Balaban J connectivity index is 1.70. The number of aromatic nitrogens is 2. The van der Waals surface area contributed by atoms with E-state index < -0.39 is 35.6 Å². The van der Waals surface area contributed by atoms with Crippen LogP contribution in [0.25, 0.3) is 0 Å². The third kappa shape index (κ3) is 8.56. The minimum Gasteiger partial charge on any atom is -0.445 e. The molecule has 0 bridgehead atoms. The van der Waals surface area contributed by atoms with Gasteiger partial charge in [0.05, 0.1) is 12.1 Å².